The SMILES string of the molecule is CC(C)NC(=O)C1CCN(c2ccc([N+](=O)[O-])c(S(C)(=O)=O)c2)CC1. The molecule has 0 unspecified atom stereocenters. The van der Waals surface area contributed by atoms with Crippen LogP contribution in [0.1, 0.15) is 26.7 Å². The van der Waals surface area contributed by atoms with E-state index in [1.807, 2.05) is 18.7 Å². The van der Waals surface area contributed by atoms with Crippen LogP contribution in [0.2, 0.25) is 0 Å². The van der Waals surface area contributed by atoms with E-state index in [4.69, 9.17) is 0 Å². The number of carbonyl (C=O) groups excluding carboxylic acids is 1. The first kappa shape index (κ1) is 19.2. The lowest BCUT2D eigenvalue weighted by molar-refractivity contribution is -0.387. The van der Waals surface area contributed by atoms with E-state index in [1.54, 1.807) is 6.07 Å². The van der Waals surface area contributed by atoms with Crippen LogP contribution in [0.15, 0.2) is 23.1 Å². The number of carbonyl (C=O) groups is 1. The molecule has 0 aromatic heterocycles. The molecule has 0 bridgehead atoms. The fourth-order valence-electron chi connectivity index (χ4n) is 2.95. The van der Waals surface area contributed by atoms with Crippen molar-refractivity contribution in [3.8, 4) is 0 Å². The number of anilines is 1. The number of nitrogens with zero attached hydrogens (tertiary/aromatic N) is 2. The maximum absolute atomic E-state index is 12.1. The quantitative estimate of drug-likeness (QED) is 0.625. The summed E-state index contributed by atoms with van der Waals surface area (Å²) in [5.41, 5.74) is 0.200. The Bertz CT molecular complexity index is 768. The van der Waals surface area contributed by atoms with Gasteiger partial charge in [-0.2, -0.15) is 0 Å². The molecule has 8 nitrogen and oxygen atoms in total. The largest absolute Gasteiger partial charge is 0.371 e. The molecule has 1 aliphatic rings. The highest BCUT2D eigenvalue weighted by atomic mass is 32.2. The van der Waals surface area contributed by atoms with Crippen LogP contribution < -0.4 is 10.2 Å². The van der Waals surface area contributed by atoms with Gasteiger partial charge in [0, 0.05) is 43.1 Å². The van der Waals surface area contributed by atoms with E-state index in [-0.39, 0.29) is 22.8 Å². The fraction of sp³-hybridized carbons (Fsp3) is 0.562. The predicted octanol–water partition coefficient (Wildman–Crippen LogP) is 1.74. The van der Waals surface area contributed by atoms with Crippen LogP contribution in [0.3, 0.4) is 0 Å². The Morgan fingerprint density at radius 3 is 2.40 bits per heavy atom. The molecule has 1 fully saturated rings. The number of piperidine rings is 1. The van der Waals surface area contributed by atoms with Crippen LogP contribution in [0.5, 0.6) is 0 Å². The fourth-order valence-corrected chi connectivity index (χ4v) is 3.81. The van der Waals surface area contributed by atoms with Gasteiger partial charge < -0.3 is 10.2 Å². The van der Waals surface area contributed by atoms with E-state index >= 15 is 0 Å². The van der Waals surface area contributed by atoms with Gasteiger partial charge in [-0.05, 0) is 38.8 Å². The molecular weight excluding hydrogens is 346 g/mol. The van der Waals surface area contributed by atoms with Gasteiger partial charge in [0.2, 0.25) is 5.91 Å². The number of hydrogen-bond donors (Lipinski definition) is 1. The summed E-state index contributed by atoms with van der Waals surface area (Å²) in [7, 11) is -3.71. The first-order chi connectivity index (χ1) is 11.6. The summed E-state index contributed by atoms with van der Waals surface area (Å²) in [5.74, 6) is -0.0266. The molecule has 1 N–H and O–H groups in total. The Hall–Kier alpha value is -2.16. The smallest absolute Gasteiger partial charge is 0.288 e. The van der Waals surface area contributed by atoms with Crippen LogP contribution in [-0.2, 0) is 14.6 Å². The number of sulfone groups is 1. The van der Waals surface area contributed by atoms with E-state index in [0.717, 1.165) is 6.26 Å². The summed E-state index contributed by atoms with van der Waals surface area (Å²) in [5, 5.41) is 13.9. The average Bonchev–Trinajstić information content (AvgIpc) is 2.53. The molecule has 1 heterocycles. The number of benzene rings is 1. The van der Waals surface area contributed by atoms with Gasteiger partial charge in [-0.25, -0.2) is 8.42 Å². The summed E-state index contributed by atoms with van der Waals surface area (Å²) in [4.78, 5) is 24.1. The minimum atomic E-state index is -3.71. The average molecular weight is 369 g/mol. The van der Waals surface area contributed by atoms with E-state index in [2.05, 4.69) is 5.32 Å². The molecule has 9 heteroatoms. The third-order valence-electron chi connectivity index (χ3n) is 4.20. The second-order valence-corrected chi connectivity index (χ2v) is 8.59. The van der Waals surface area contributed by atoms with Crippen molar-refractivity contribution < 1.29 is 18.1 Å². The molecule has 0 spiro atoms. The lowest BCUT2D eigenvalue weighted by atomic mass is 9.95. The molecule has 2 rings (SSSR count). The molecule has 1 aromatic rings. The summed E-state index contributed by atoms with van der Waals surface area (Å²) >= 11 is 0. The van der Waals surface area contributed by atoms with Gasteiger partial charge in [-0.1, -0.05) is 0 Å². The molecule has 0 saturated carbocycles. The molecule has 0 atom stereocenters. The van der Waals surface area contributed by atoms with Crippen molar-refractivity contribution in [3.63, 3.8) is 0 Å². The van der Waals surface area contributed by atoms with Crippen molar-refractivity contribution in [3.05, 3.63) is 28.3 Å². The van der Waals surface area contributed by atoms with Crippen LogP contribution >= 0.6 is 0 Å². The summed E-state index contributed by atoms with van der Waals surface area (Å²) in [6.45, 7) is 5.02. The summed E-state index contributed by atoms with van der Waals surface area (Å²) in [6, 6.07) is 4.23. The van der Waals surface area contributed by atoms with Gasteiger partial charge in [-0.15, -0.1) is 0 Å². The van der Waals surface area contributed by atoms with E-state index in [9.17, 15) is 23.3 Å². The van der Waals surface area contributed by atoms with Gasteiger partial charge in [0.05, 0.1) is 4.92 Å². The molecule has 1 amide bonds. The first-order valence-corrected chi connectivity index (χ1v) is 10.0. The minimum Gasteiger partial charge on any atom is -0.371 e. The Balaban J connectivity index is 2.16. The number of hydrogen-bond acceptors (Lipinski definition) is 6. The summed E-state index contributed by atoms with van der Waals surface area (Å²) < 4.78 is 23.7. The number of amides is 1. The third kappa shape index (κ3) is 4.68. The van der Waals surface area contributed by atoms with Crippen molar-refractivity contribution >= 4 is 27.1 Å². The van der Waals surface area contributed by atoms with Crippen molar-refractivity contribution in [2.75, 3.05) is 24.2 Å². The van der Waals surface area contributed by atoms with E-state index in [0.29, 0.717) is 31.6 Å². The Kier molecular flexibility index (Phi) is 5.66. The minimum absolute atomic E-state index is 0.0372. The lowest BCUT2D eigenvalue weighted by Gasteiger charge is -2.33. The molecule has 25 heavy (non-hydrogen) atoms. The number of nitrogens with one attached hydrogen (secondary N) is 1. The summed E-state index contributed by atoms with van der Waals surface area (Å²) in [6.07, 6.45) is 2.27. The Morgan fingerprint density at radius 2 is 1.92 bits per heavy atom. The van der Waals surface area contributed by atoms with Gasteiger partial charge in [-0.3, -0.25) is 14.9 Å². The van der Waals surface area contributed by atoms with Crippen molar-refractivity contribution in [2.24, 2.45) is 5.92 Å². The molecule has 1 saturated heterocycles. The maximum Gasteiger partial charge on any atom is 0.288 e. The van der Waals surface area contributed by atoms with Crippen LogP contribution in [0, 0.1) is 16.0 Å². The van der Waals surface area contributed by atoms with Gasteiger partial charge in [0.15, 0.2) is 9.84 Å². The van der Waals surface area contributed by atoms with Gasteiger partial charge >= 0.3 is 0 Å². The standard InChI is InChI=1S/C16H23N3O5S/c1-11(2)17-16(20)12-6-8-18(9-7-12)13-4-5-14(19(21)22)15(10-13)25(3,23)24/h4-5,10-12H,6-9H2,1-3H3,(H,17,20). The predicted molar refractivity (Wildman–Crippen MR) is 94.4 cm³/mol. The van der Waals surface area contributed by atoms with Crippen molar-refractivity contribution in [1.29, 1.82) is 0 Å². The Morgan fingerprint density at radius 1 is 1.32 bits per heavy atom. The first-order valence-electron chi connectivity index (χ1n) is 8.13. The highest BCUT2D eigenvalue weighted by Crippen LogP contribution is 2.31. The van der Waals surface area contributed by atoms with Crippen LogP contribution in [0.4, 0.5) is 11.4 Å². The number of rotatable bonds is 5. The zero-order valence-corrected chi connectivity index (χ0v) is 15.4. The third-order valence-corrected chi connectivity index (χ3v) is 5.33. The van der Waals surface area contributed by atoms with Crippen LogP contribution in [0.25, 0.3) is 0 Å². The highest BCUT2D eigenvalue weighted by molar-refractivity contribution is 7.90. The zero-order chi connectivity index (χ0) is 18.8. The second-order valence-electron chi connectivity index (χ2n) is 6.61. The molecule has 0 aliphatic carbocycles. The van der Waals surface area contributed by atoms with Crippen molar-refractivity contribution in [2.45, 2.75) is 37.6 Å². The van der Waals surface area contributed by atoms with Crippen molar-refractivity contribution in [1.82, 2.24) is 5.32 Å². The van der Waals surface area contributed by atoms with E-state index < -0.39 is 20.4 Å². The van der Waals surface area contributed by atoms with E-state index in [1.165, 1.54) is 12.1 Å². The Labute approximate surface area is 147 Å². The van der Waals surface area contributed by atoms with Gasteiger partial charge in [0.1, 0.15) is 4.90 Å². The molecule has 138 valence electrons. The monoisotopic (exact) mass is 369 g/mol. The molecular formula is C16H23N3O5S. The zero-order valence-electron chi connectivity index (χ0n) is 14.6. The molecule has 0 radical (unpaired) electrons. The lowest BCUT2D eigenvalue weighted by Crippen LogP contribution is -2.42. The number of nitro groups is 1. The normalized spacial score (nSPS) is 16.1. The second kappa shape index (κ2) is 7.38. The molecule has 1 aromatic carbocycles. The van der Waals surface area contributed by atoms with Crippen LogP contribution in [-0.4, -0.2) is 44.6 Å². The number of nitro benzene ring substituents is 1. The maximum atomic E-state index is 12.1. The van der Waals surface area contributed by atoms with Gasteiger partial charge in [0.25, 0.3) is 5.69 Å². The highest BCUT2D eigenvalue weighted by Gasteiger charge is 2.28. The molecule has 1 aliphatic heterocycles. The topological polar surface area (TPSA) is 110 Å².